The average molecular weight is 284 g/mol. The van der Waals surface area contributed by atoms with Crippen LogP contribution in [-0.4, -0.2) is 22.6 Å². The first-order chi connectivity index (χ1) is 10.2. The number of aromatic nitrogens is 2. The molecule has 0 atom stereocenters. The van der Waals surface area contributed by atoms with E-state index in [1.54, 1.807) is 12.1 Å². The Kier molecular flexibility index (Phi) is 5.04. The van der Waals surface area contributed by atoms with Gasteiger partial charge in [-0.2, -0.15) is 10.2 Å². The number of aryl methyl sites for hydroxylation is 2. The topological polar surface area (TPSA) is 52.1 Å². The highest BCUT2D eigenvalue weighted by Gasteiger charge is 2.18. The summed E-state index contributed by atoms with van der Waals surface area (Å²) in [5.74, 6) is 0.567. The molecule has 4 heteroatoms. The maximum atomic E-state index is 12.8. The molecule has 1 aromatic carbocycles. The maximum absolute atomic E-state index is 12.8. The summed E-state index contributed by atoms with van der Waals surface area (Å²) < 4.78 is 5.68. The Morgan fingerprint density at radius 3 is 2.62 bits per heavy atom. The van der Waals surface area contributed by atoms with Gasteiger partial charge in [0.2, 0.25) is 0 Å². The van der Waals surface area contributed by atoms with Gasteiger partial charge in [-0.05, 0) is 38.0 Å². The van der Waals surface area contributed by atoms with Crippen LogP contribution in [0.4, 0.5) is 0 Å². The molecule has 0 aliphatic rings. The van der Waals surface area contributed by atoms with Crippen LogP contribution in [0.3, 0.4) is 0 Å². The van der Waals surface area contributed by atoms with Gasteiger partial charge in [0.25, 0.3) is 0 Å². The Bertz CT molecular complexity index is 638. The summed E-state index contributed by atoms with van der Waals surface area (Å²) in [7, 11) is 0. The first-order valence-corrected chi connectivity index (χ1v) is 7.27. The summed E-state index contributed by atoms with van der Waals surface area (Å²) in [6, 6.07) is 9.14. The van der Waals surface area contributed by atoms with E-state index in [-0.39, 0.29) is 5.78 Å². The molecule has 0 fully saturated rings. The molecular formula is C17H20N2O2. The van der Waals surface area contributed by atoms with E-state index in [0.717, 1.165) is 17.8 Å². The van der Waals surface area contributed by atoms with Crippen molar-refractivity contribution in [2.75, 3.05) is 6.61 Å². The van der Waals surface area contributed by atoms with Crippen LogP contribution >= 0.6 is 0 Å². The van der Waals surface area contributed by atoms with E-state index >= 15 is 0 Å². The van der Waals surface area contributed by atoms with E-state index in [4.69, 9.17) is 4.74 Å². The lowest BCUT2D eigenvalue weighted by Crippen LogP contribution is -2.11. The highest BCUT2D eigenvalue weighted by atomic mass is 16.5. The van der Waals surface area contributed by atoms with Crippen molar-refractivity contribution in [2.24, 2.45) is 0 Å². The molecule has 1 heterocycles. The fourth-order valence-corrected chi connectivity index (χ4v) is 2.11. The molecular weight excluding hydrogens is 264 g/mol. The monoisotopic (exact) mass is 284 g/mol. The van der Waals surface area contributed by atoms with Crippen molar-refractivity contribution in [1.82, 2.24) is 10.2 Å². The lowest BCUT2D eigenvalue weighted by atomic mass is 10.00. The zero-order chi connectivity index (χ0) is 15.2. The average Bonchev–Trinajstić information content (AvgIpc) is 2.52. The number of ether oxygens (including phenoxy) is 1. The van der Waals surface area contributed by atoms with E-state index in [1.807, 2.05) is 39.0 Å². The molecule has 1 aromatic heterocycles. The molecule has 2 rings (SSSR count). The first-order valence-electron chi connectivity index (χ1n) is 7.27. The lowest BCUT2D eigenvalue weighted by Gasteiger charge is -2.11. The number of nitrogens with zero attached hydrogens (tertiary/aromatic N) is 2. The number of carbonyl (C=O) groups excluding carboxylic acids is 1. The molecule has 0 spiro atoms. The number of ketones is 1. The van der Waals surface area contributed by atoms with Crippen LogP contribution in [0, 0.1) is 6.92 Å². The number of rotatable bonds is 6. The van der Waals surface area contributed by atoms with Gasteiger partial charge in [0.05, 0.1) is 23.6 Å². The number of para-hydroxylation sites is 1. The minimum Gasteiger partial charge on any atom is -0.493 e. The van der Waals surface area contributed by atoms with E-state index in [0.29, 0.717) is 29.9 Å². The summed E-state index contributed by atoms with van der Waals surface area (Å²) in [4.78, 5) is 12.8. The summed E-state index contributed by atoms with van der Waals surface area (Å²) in [5.41, 5.74) is 2.64. The second-order valence-electron chi connectivity index (χ2n) is 4.87. The van der Waals surface area contributed by atoms with Gasteiger partial charge in [-0.15, -0.1) is 0 Å². The molecule has 0 amide bonds. The Morgan fingerprint density at radius 1 is 1.14 bits per heavy atom. The minimum atomic E-state index is -0.0587. The highest BCUT2D eigenvalue weighted by molar-refractivity contribution is 6.11. The molecule has 2 aromatic rings. The van der Waals surface area contributed by atoms with Crippen molar-refractivity contribution in [3.63, 3.8) is 0 Å². The number of carbonyl (C=O) groups is 1. The smallest absolute Gasteiger partial charge is 0.198 e. The van der Waals surface area contributed by atoms with Crippen molar-refractivity contribution >= 4 is 5.78 Å². The molecule has 4 nitrogen and oxygen atoms in total. The van der Waals surface area contributed by atoms with Gasteiger partial charge in [-0.3, -0.25) is 4.79 Å². The van der Waals surface area contributed by atoms with Crippen LogP contribution in [0.15, 0.2) is 30.3 Å². The molecule has 0 radical (unpaired) electrons. The fraction of sp³-hybridized carbons (Fsp3) is 0.353. The van der Waals surface area contributed by atoms with E-state index in [2.05, 4.69) is 10.2 Å². The van der Waals surface area contributed by atoms with Crippen LogP contribution in [0.5, 0.6) is 5.75 Å². The molecule has 0 saturated carbocycles. The second kappa shape index (κ2) is 6.97. The largest absolute Gasteiger partial charge is 0.493 e. The number of hydrogen-bond acceptors (Lipinski definition) is 4. The van der Waals surface area contributed by atoms with Gasteiger partial charge < -0.3 is 4.74 Å². The SMILES string of the molecule is CCCOc1ccccc1C(=O)c1cc(C)nnc1CC. The van der Waals surface area contributed by atoms with Crippen LogP contribution in [0.1, 0.15) is 47.6 Å². The summed E-state index contributed by atoms with van der Waals surface area (Å²) in [6.45, 7) is 6.44. The number of hydrogen-bond donors (Lipinski definition) is 0. The van der Waals surface area contributed by atoms with Gasteiger partial charge >= 0.3 is 0 Å². The van der Waals surface area contributed by atoms with Crippen LogP contribution in [-0.2, 0) is 6.42 Å². The predicted molar refractivity (Wildman–Crippen MR) is 81.8 cm³/mol. The van der Waals surface area contributed by atoms with E-state index < -0.39 is 0 Å². The summed E-state index contributed by atoms with van der Waals surface area (Å²) >= 11 is 0. The van der Waals surface area contributed by atoms with Crippen LogP contribution in [0.25, 0.3) is 0 Å². The van der Waals surface area contributed by atoms with Gasteiger partial charge in [0, 0.05) is 5.56 Å². The third kappa shape index (κ3) is 3.45. The van der Waals surface area contributed by atoms with Crippen molar-refractivity contribution < 1.29 is 9.53 Å². The zero-order valence-electron chi connectivity index (χ0n) is 12.7. The Balaban J connectivity index is 2.43. The zero-order valence-corrected chi connectivity index (χ0v) is 12.7. The van der Waals surface area contributed by atoms with Crippen molar-refractivity contribution in [3.05, 3.63) is 52.8 Å². The van der Waals surface area contributed by atoms with Crippen molar-refractivity contribution in [1.29, 1.82) is 0 Å². The van der Waals surface area contributed by atoms with E-state index in [9.17, 15) is 4.79 Å². The second-order valence-corrected chi connectivity index (χ2v) is 4.87. The summed E-state index contributed by atoms with van der Waals surface area (Å²) in [5, 5.41) is 8.15. The molecule has 0 bridgehead atoms. The lowest BCUT2D eigenvalue weighted by molar-refractivity contribution is 0.103. The predicted octanol–water partition coefficient (Wildman–Crippen LogP) is 3.37. The van der Waals surface area contributed by atoms with Crippen molar-refractivity contribution in [3.8, 4) is 5.75 Å². The first kappa shape index (κ1) is 15.2. The Morgan fingerprint density at radius 2 is 1.90 bits per heavy atom. The molecule has 0 saturated heterocycles. The third-order valence-electron chi connectivity index (χ3n) is 3.17. The molecule has 0 N–H and O–H groups in total. The molecule has 110 valence electrons. The van der Waals surface area contributed by atoms with Gasteiger partial charge in [0.1, 0.15) is 5.75 Å². The van der Waals surface area contributed by atoms with Gasteiger partial charge in [-0.1, -0.05) is 26.0 Å². The molecule has 0 unspecified atom stereocenters. The van der Waals surface area contributed by atoms with Crippen LogP contribution in [0.2, 0.25) is 0 Å². The summed E-state index contributed by atoms with van der Waals surface area (Å²) in [6.07, 6.45) is 1.57. The number of benzene rings is 1. The Hall–Kier alpha value is -2.23. The molecule has 21 heavy (non-hydrogen) atoms. The van der Waals surface area contributed by atoms with E-state index in [1.165, 1.54) is 0 Å². The third-order valence-corrected chi connectivity index (χ3v) is 3.17. The van der Waals surface area contributed by atoms with Crippen LogP contribution < -0.4 is 4.74 Å². The molecule has 0 aliphatic heterocycles. The highest BCUT2D eigenvalue weighted by Crippen LogP contribution is 2.23. The van der Waals surface area contributed by atoms with Gasteiger partial charge in [-0.25, -0.2) is 0 Å². The van der Waals surface area contributed by atoms with Gasteiger partial charge in [0.15, 0.2) is 5.78 Å². The maximum Gasteiger partial charge on any atom is 0.198 e. The standard InChI is InChI=1S/C17H20N2O2/c1-4-10-21-16-9-7-6-8-13(16)17(20)14-11-12(3)18-19-15(14)5-2/h6-9,11H,4-5,10H2,1-3H3. The normalized spacial score (nSPS) is 10.4. The quantitative estimate of drug-likeness (QED) is 0.763. The minimum absolute atomic E-state index is 0.0587. The molecule has 0 aliphatic carbocycles. The van der Waals surface area contributed by atoms with Crippen molar-refractivity contribution in [2.45, 2.75) is 33.6 Å². The fourth-order valence-electron chi connectivity index (χ4n) is 2.11. The Labute approximate surface area is 125 Å².